The number of hydrogen-bond donors (Lipinski definition) is 0. The van der Waals surface area contributed by atoms with E-state index in [2.05, 4.69) is 20.2 Å². The molecular formula is C6H5N5. The summed E-state index contributed by atoms with van der Waals surface area (Å²) in [7, 11) is 0. The Morgan fingerprint density at radius 2 is 1.55 bits per heavy atom. The molecule has 2 rings (SSSR count). The molecule has 0 amide bonds. The average molecular weight is 147 g/mol. The van der Waals surface area contributed by atoms with Gasteiger partial charge in [0.2, 0.25) is 0 Å². The van der Waals surface area contributed by atoms with Crippen LogP contribution in [0.4, 0.5) is 0 Å². The highest BCUT2D eigenvalue weighted by Gasteiger charge is 1.96. The van der Waals surface area contributed by atoms with Crippen LogP contribution in [0.15, 0.2) is 30.9 Å². The van der Waals surface area contributed by atoms with E-state index in [-0.39, 0.29) is 0 Å². The Kier molecular flexibility index (Phi) is 1.33. The molecule has 0 radical (unpaired) electrons. The van der Waals surface area contributed by atoms with Crippen LogP contribution in [-0.2, 0) is 0 Å². The van der Waals surface area contributed by atoms with Crippen LogP contribution in [0.25, 0.3) is 5.95 Å². The zero-order valence-electron chi connectivity index (χ0n) is 5.62. The molecule has 0 aliphatic rings. The summed E-state index contributed by atoms with van der Waals surface area (Å²) in [5.74, 6) is 0.484. The van der Waals surface area contributed by atoms with Gasteiger partial charge in [-0.15, -0.1) is 4.80 Å². The summed E-state index contributed by atoms with van der Waals surface area (Å²) >= 11 is 0. The molecule has 0 saturated heterocycles. The Morgan fingerprint density at radius 3 is 2.18 bits per heavy atom. The van der Waals surface area contributed by atoms with E-state index in [1.807, 2.05) is 0 Å². The van der Waals surface area contributed by atoms with Crippen LogP contribution < -0.4 is 0 Å². The molecule has 54 valence electrons. The van der Waals surface area contributed by atoms with Crippen molar-refractivity contribution in [2.24, 2.45) is 0 Å². The van der Waals surface area contributed by atoms with Gasteiger partial charge < -0.3 is 0 Å². The summed E-state index contributed by atoms with van der Waals surface area (Å²) in [6.45, 7) is 0. The van der Waals surface area contributed by atoms with Crippen molar-refractivity contribution in [3.8, 4) is 5.95 Å². The van der Waals surface area contributed by atoms with Gasteiger partial charge in [0, 0.05) is 12.4 Å². The van der Waals surface area contributed by atoms with Crippen molar-refractivity contribution < 1.29 is 0 Å². The van der Waals surface area contributed by atoms with Crippen molar-refractivity contribution in [3.63, 3.8) is 0 Å². The first-order chi connectivity index (χ1) is 5.47. The molecule has 0 spiro atoms. The summed E-state index contributed by atoms with van der Waals surface area (Å²) in [6, 6.07) is 1.74. The Hall–Kier alpha value is -1.78. The molecule has 0 aliphatic carbocycles. The monoisotopic (exact) mass is 147 g/mol. The van der Waals surface area contributed by atoms with Crippen LogP contribution in [0, 0.1) is 0 Å². The van der Waals surface area contributed by atoms with Crippen LogP contribution in [0.1, 0.15) is 0 Å². The Morgan fingerprint density at radius 1 is 0.909 bits per heavy atom. The first-order valence-electron chi connectivity index (χ1n) is 3.10. The Balaban J connectivity index is 2.46. The second-order valence-corrected chi connectivity index (χ2v) is 1.87. The van der Waals surface area contributed by atoms with Gasteiger partial charge in [0.05, 0.1) is 12.4 Å². The van der Waals surface area contributed by atoms with Crippen molar-refractivity contribution in [2.75, 3.05) is 0 Å². The van der Waals surface area contributed by atoms with Gasteiger partial charge in [-0.1, -0.05) is 0 Å². The molecule has 0 unspecified atom stereocenters. The second kappa shape index (κ2) is 2.45. The lowest BCUT2D eigenvalue weighted by Gasteiger charge is -1.92. The van der Waals surface area contributed by atoms with E-state index < -0.39 is 0 Å². The normalized spacial score (nSPS) is 9.82. The van der Waals surface area contributed by atoms with Crippen LogP contribution in [-0.4, -0.2) is 25.0 Å². The molecule has 0 aliphatic heterocycles. The molecule has 0 atom stereocenters. The average Bonchev–Trinajstić information content (AvgIpc) is 2.58. The van der Waals surface area contributed by atoms with Crippen molar-refractivity contribution in [1.29, 1.82) is 0 Å². The SMILES string of the molecule is c1cnc(-n2nccn2)nc1. The zero-order valence-corrected chi connectivity index (χ0v) is 5.62. The van der Waals surface area contributed by atoms with Crippen LogP contribution >= 0.6 is 0 Å². The smallest absolute Gasteiger partial charge is 0.218 e. The summed E-state index contributed by atoms with van der Waals surface area (Å²) in [4.78, 5) is 9.26. The largest absolute Gasteiger partial charge is 0.268 e. The minimum absolute atomic E-state index is 0.484. The molecule has 11 heavy (non-hydrogen) atoms. The van der Waals surface area contributed by atoms with Crippen LogP contribution in [0.2, 0.25) is 0 Å². The van der Waals surface area contributed by atoms with E-state index in [0.29, 0.717) is 5.95 Å². The predicted molar refractivity (Wildman–Crippen MR) is 36.9 cm³/mol. The molecule has 2 aromatic heterocycles. The van der Waals surface area contributed by atoms with Gasteiger partial charge >= 0.3 is 0 Å². The summed E-state index contributed by atoms with van der Waals surface area (Å²) < 4.78 is 0. The van der Waals surface area contributed by atoms with Gasteiger partial charge in [0.25, 0.3) is 5.95 Å². The maximum Gasteiger partial charge on any atom is 0.268 e. The van der Waals surface area contributed by atoms with E-state index in [9.17, 15) is 0 Å². The van der Waals surface area contributed by atoms with Gasteiger partial charge in [-0.05, 0) is 6.07 Å². The maximum atomic E-state index is 3.95. The van der Waals surface area contributed by atoms with E-state index >= 15 is 0 Å². The fraction of sp³-hybridized carbons (Fsp3) is 0. The van der Waals surface area contributed by atoms with Crippen LogP contribution in [0.3, 0.4) is 0 Å². The molecule has 0 bridgehead atoms. The van der Waals surface area contributed by atoms with Crippen molar-refractivity contribution in [1.82, 2.24) is 25.0 Å². The van der Waals surface area contributed by atoms with E-state index in [4.69, 9.17) is 0 Å². The Labute approximate surface area is 62.7 Å². The van der Waals surface area contributed by atoms with Gasteiger partial charge in [0.1, 0.15) is 0 Å². The van der Waals surface area contributed by atoms with Crippen molar-refractivity contribution in [3.05, 3.63) is 30.9 Å². The molecule has 0 N–H and O–H groups in total. The first-order valence-corrected chi connectivity index (χ1v) is 3.10. The lowest BCUT2D eigenvalue weighted by atomic mass is 10.7. The molecule has 5 heteroatoms. The highest BCUT2D eigenvalue weighted by molar-refractivity contribution is 5.02. The van der Waals surface area contributed by atoms with E-state index in [1.54, 1.807) is 30.9 Å². The zero-order chi connectivity index (χ0) is 7.52. The van der Waals surface area contributed by atoms with Gasteiger partial charge in [0.15, 0.2) is 0 Å². The van der Waals surface area contributed by atoms with Crippen molar-refractivity contribution in [2.45, 2.75) is 0 Å². The van der Waals surface area contributed by atoms with Gasteiger partial charge in [-0.3, -0.25) is 0 Å². The molecule has 2 aromatic rings. The Bertz CT molecular complexity index is 314. The van der Waals surface area contributed by atoms with Gasteiger partial charge in [-0.25, -0.2) is 9.97 Å². The molecule has 5 nitrogen and oxygen atoms in total. The summed E-state index contributed by atoms with van der Waals surface area (Å²) in [5.41, 5.74) is 0. The highest BCUT2D eigenvalue weighted by Crippen LogP contribution is 1.90. The number of nitrogens with zero attached hydrogens (tertiary/aromatic N) is 5. The lowest BCUT2D eigenvalue weighted by Crippen LogP contribution is -2.02. The number of aromatic nitrogens is 5. The third-order valence-corrected chi connectivity index (χ3v) is 1.15. The summed E-state index contributed by atoms with van der Waals surface area (Å²) in [5, 5.41) is 7.73. The third-order valence-electron chi connectivity index (χ3n) is 1.15. The quantitative estimate of drug-likeness (QED) is 0.572. The minimum atomic E-state index is 0.484. The standard InChI is InChI=1S/C6H5N5/c1-2-7-6(8-3-1)11-9-4-5-10-11/h1-5H. The fourth-order valence-corrected chi connectivity index (χ4v) is 0.714. The minimum Gasteiger partial charge on any atom is -0.218 e. The maximum absolute atomic E-state index is 3.95. The van der Waals surface area contributed by atoms with Gasteiger partial charge in [-0.2, -0.15) is 10.2 Å². The summed E-state index contributed by atoms with van der Waals surface area (Å²) in [6.07, 6.45) is 6.45. The number of rotatable bonds is 1. The predicted octanol–water partition coefficient (Wildman–Crippen LogP) is 0.0573. The molecule has 0 saturated carbocycles. The highest BCUT2D eigenvalue weighted by atomic mass is 15.5. The molecule has 2 heterocycles. The third kappa shape index (κ3) is 1.07. The van der Waals surface area contributed by atoms with E-state index in [0.717, 1.165) is 0 Å². The molecule has 0 aromatic carbocycles. The topological polar surface area (TPSA) is 56.5 Å². The molecular weight excluding hydrogens is 142 g/mol. The van der Waals surface area contributed by atoms with Crippen LogP contribution in [0.5, 0.6) is 0 Å². The second-order valence-electron chi connectivity index (χ2n) is 1.87. The number of hydrogen-bond acceptors (Lipinski definition) is 4. The van der Waals surface area contributed by atoms with Crippen molar-refractivity contribution >= 4 is 0 Å². The molecule has 0 fully saturated rings. The fourth-order valence-electron chi connectivity index (χ4n) is 0.714. The first kappa shape index (κ1) is 5.96. The van der Waals surface area contributed by atoms with E-state index in [1.165, 1.54) is 4.80 Å². The lowest BCUT2D eigenvalue weighted by molar-refractivity contribution is 0.703.